The van der Waals surface area contributed by atoms with Crippen LogP contribution in [0.3, 0.4) is 0 Å². The molecule has 1 aliphatic rings. The van der Waals surface area contributed by atoms with E-state index in [1.165, 1.54) is 11.1 Å². The number of aliphatic hydroxyl groups is 1. The highest BCUT2D eigenvalue weighted by atomic mass is 16.5. The molecule has 0 aliphatic carbocycles. The third-order valence-corrected chi connectivity index (χ3v) is 4.70. The van der Waals surface area contributed by atoms with Gasteiger partial charge in [0.15, 0.2) is 11.5 Å². The molecule has 0 aromatic heterocycles. The molecule has 0 radical (unpaired) electrons. The van der Waals surface area contributed by atoms with Gasteiger partial charge in [0, 0.05) is 19.6 Å². The Hall–Kier alpha value is -2.24. The Kier molecular flexibility index (Phi) is 6.01. The van der Waals surface area contributed by atoms with Crippen molar-refractivity contribution < 1.29 is 19.3 Å². The van der Waals surface area contributed by atoms with Crippen LogP contribution in [0.1, 0.15) is 16.7 Å². The zero-order valence-electron chi connectivity index (χ0n) is 15.7. The molecule has 0 unspecified atom stereocenters. The molecule has 26 heavy (non-hydrogen) atoms. The van der Waals surface area contributed by atoms with E-state index in [9.17, 15) is 5.11 Å². The summed E-state index contributed by atoms with van der Waals surface area (Å²) in [5.74, 6) is 2.31. The molecule has 5 heteroatoms. The van der Waals surface area contributed by atoms with E-state index in [2.05, 4.69) is 11.0 Å². The van der Waals surface area contributed by atoms with Crippen molar-refractivity contribution in [3.05, 3.63) is 53.1 Å². The fourth-order valence-electron chi connectivity index (χ4n) is 3.35. The van der Waals surface area contributed by atoms with Gasteiger partial charge in [-0.2, -0.15) is 0 Å². The molecule has 5 nitrogen and oxygen atoms in total. The Balaban J connectivity index is 1.56. The first-order valence-electron chi connectivity index (χ1n) is 8.92. The lowest BCUT2D eigenvalue weighted by Crippen LogP contribution is -2.38. The summed E-state index contributed by atoms with van der Waals surface area (Å²) in [4.78, 5) is 2.25. The van der Waals surface area contributed by atoms with Gasteiger partial charge in [0.05, 0.1) is 14.2 Å². The maximum atomic E-state index is 10.4. The SMILES string of the molecule is COc1cc2c(cc1OC)CN(C[C@H](O)COc1cccc(C)c1)CC2. The van der Waals surface area contributed by atoms with Crippen LogP contribution >= 0.6 is 0 Å². The van der Waals surface area contributed by atoms with Gasteiger partial charge in [-0.05, 0) is 54.3 Å². The highest BCUT2D eigenvalue weighted by Crippen LogP contribution is 2.33. The number of benzene rings is 2. The summed E-state index contributed by atoms with van der Waals surface area (Å²) < 4.78 is 16.5. The molecule has 0 saturated heterocycles. The van der Waals surface area contributed by atoms with Gasteiger partial charge in [-0.25, -0.2) is 0 Å². The molecule has 140 valence electrons. The van der Waals surface area contributed by atoms with Crippen LogP contribution in [0.2, 0.25) is 0 Å². The van der Waals surface area contributed by atoms with Crippen LogP contribution in [0, 0.1) is 6.92 Å². The third-order valence-electron chi connectivity index (χ3n) is 4.70. The monoisotopic (exact) mass is 357 g/mol. The van der Waals surface area contributed by atoms with Crippen LogP contribution in [0.25, 0.3) is 0 Å². The summed E-state index contributed by atoms with van der Waals surface area (Å²) >= 11 is 0. The van der Waals surface area contributed by atoms with Gasteiger partial charge in [0.2, 0.25) is 0 Å². The largest absolute Gasteiger partial charge is 0.493 e. The maximum Gasteiger partial charge on any atom is 0.161 e. The van der Waals surface area contributed by atoms with Gasteiger partial charge in [-0.1, -0.05) is 12.1 Å². The van der Waals surface area contributed by atoms with Crippen molar-refractivity contribution in [3.63, 3.8) is 0 Å². The molecule has 0 amide bonds. The molecule has 1 aliphatic heterocycles. The third kappa shape index (κ3) is 4.48. The summed E-state index contributed by atoms with van der Waals surface area (Å²) in [5.41, 5.74) is 3.65. The van der Waals surface area contributed by atoms with Crippen LogP contribution in [0.15, 0.2) is 36.4 Å². The number of ether oxygens (including phenoxy) is 3. The van der Waals surface area contributed by atoms with Crippen LogP contribution in [-0.2, 0) is 13.0 Å². The van der Waals surface area contributed by atoms with E-state index >= 15 is 0 Å². The molecule has 0 spiro atoms. The van der Waals surface area contributed by atoms with E-state index in [0.717, 1.165) is 42.3 Å². The van der Waals surface area contributed by atoms with Crippen molar-refractivity contribution in [1.29, 1.82) is 0 Å². The smallest absolute Gasteiger partial charge is 0.161 e. The van der Waals surface area contributed by atoms with E-state index in [1.807, 2.05) is 37.3 Å². The molecule has 1 atom stereocenters. The Labute approximate surface area is 155 Å². The Morgan fingerprint density at radius 3 is 2.50 bits per heavy atom. The van der Waals surface area contributed by atoms with Gasteiger partial charge in [0.25, 0.3) is 0 Å². The first kappa shape index (κ1) is 18.5. The van der Waals surface area contributed by atoms with Crippen molar-refractivity contribution in [1.82, 2.24) is 4.90 Å². The van der Waals surface area contributed by atoms with E-state index in [-0.39, 0.29) is 0 Å². The van der Waals surface area contributed by atoms with Gasteiger partial charge in [-0.15, -0.1) is 0 Å². The molecule has 3 rings (SSSR count). The number of nitrogens with zero attached hydrogens (tertiary/aromatic N) is 1. The fourth-order valence-corrected chi connectivity index (χ4v) is 3.35. The zero-order valence-corrected chi connectivity index (χ0v) is 15.7. The summed E-state index contributed by atoms with van der Waals surface area (Å²) in [6.07, 6.45) is 0.401. The standard InChI is InChI=1S/C21H27NO4/c1-15-5-4-6-19(9-15)26-14-18(23)13-22-8-7-16-10-20(24-2)21(25-3)11-17(16)12-22/h4-6,9-11,18,23H,7-8,12-14H2,1-3H3/t18-/m0/s1. The first-order chi connectivity index (χ1) is 12.6. The average Bonchev–Trinajstić information content (AvgIpc) is 2.65. The lowest BCUT2D eigenvalue weighted by atomic mass is 9.98. The van der Waals surface area contributed by atoms with E-state index in [4.69, 9.17) is 14.2 Å². The highest BCUT2D eigenvalue weighted by Gasteiger charge is 2.21. The highest BCUT2D eigenvalue weighted by molar-refractivity contribution is 5.48. The molecule has 1 N–H and O–H groups in total. The van der Waals surface area contributed by atoms with E-state index in [1.54, 1.807) is 14.2 Å². The Morgan fingerprint density at radius 2 is 1.81 bits per heavy atom. The van der Waals surface area contributed by atoms with Gasteiger partial charge < -0.3 is 19.3 Å². The fraction of sp³-hybridized carbons (Fsp3) is 0.429. The average molecular weight is 357 g/mol. The summed E-state index contributed by atoms with van der Waals surface area (Å²) in [6.45, 7) is 4.59. The normalized spacial score (nSPS) is 15.2. The second-order valence-electron chi connectivity index (χ2n) is 6.74. The predicted molar refractivity (Wildman–Crippen MR) is 101 cm³/mol. The van der Waals surface area contributed by atoms with Crippen molar-refractivity contribution in [2.24, 2.45) is 0 Å². The molecule has 0 fully saturated rings. The maximum absolute atomic E-state index is 10.4. The number of β-amino-alcohol motifs (C(OH)–C–C–N with tert-alkyl or cyclic N) is 1. The summed E-state index contributed by atoms with van der Waals surface area (Å²) in [6, 6.07) is 12.0. The molecule has 0 bridgehead atoms. The minimum absolute atomic E-state index is 0.290. The van der Waals surface area contributed by atoms with E-state index in [0.29, 0.717) is 13.2 Å². The van der Waals surface area contributed by atoms with Crippen molar-refractivity contribution in [2.45, 2.75) is 26.0 Å². The number of hydrogen-bond donors (Lipinski definition) is 1. The second-order valence-corrected chi connectivity index (χ2v) is 6.74. The molecular formula is C21H27NO4. The first-order valence-corrected chi connectivity index (χ1v) is 8.92. The van der Waals surface area contributed by atoms with Crippen LogP contribution in [0.4, 0.5) is 0 Å². The second kappa shape index (κ2) is 8.43. The number of rotatable bonds is 7. The van der Waals surface area contributed by atoms with E-state index < -0.39 is 6.10 Å². The predicted octanol–water partition coefficient (Wildman–Crippen LogP) is 2.81. The van der Waals surface area contributed by atoms with Gasteiger partial charge in [-0.3, -0.25) is 4.90 Å². The number of fused-ring (bicyclic) bond motifs is 1. The van der Waals surface area contributed by atoms with Crippen molar-refractivity contribution in [2.75, 3.05) is 33.9 Å². The van der Waals surface area contributed by atoms with Crippen molar-refractivity contribution >= 4 is 0 Å². The Bertz CT molecular complexity index is 747. The molecule has 1 heterocycles. The summed E-state index contributed by atoms with van der Waals surface area (Å²) in [5, 5.41) is 10.4. The number of aryl methyl sites for hydroxylation is 1. The van der Waals surface area contributed by atoms with Crippen LogP contribution in [0.5, 0.6) is 17.2 Å². The topological polar surface area (TPSA) is 51.2 Å². The van der Waals surface area contributed by atoms with Crippen LogP contribution < -0.4 is 14.2 Å². The Morgan fingerprint density at radius 1 is 1.08 bits per heavy atom. The van der Waals surface area contributed by atoms with Gasteiger partial charge in [0.1, 0.15) is 18.5 Å². The molecule has 2 aromatic rings. The minimum Gasteiger partial charge on any atom is -0.493 e. The lowest BCUT2D eigenvalue weighted by Gasteiger charge is -2.31. The number of hydrogen-bond acceptors (Lipinski definition) is 5. The number of aliphatic hydroxyl groups excluding tert-OH is 1. The molecule has 2 aromatic carbocycles. The molecular weight excluding hydrogens is 330 g/mol. The zero-order chi connectivity index (χ0) is 18.5. The molecule has 0 saturated carbocycles. The quantitative estimate of drug-likeness (QED) is 0.826. The summed E-state index contributed by atoms with van der Waals surface area (Å²) in [7, 11) is 3.31. The van der Waals surface area contributed by atoms with Crippen LogP contribution in [-0.4, -0.2) is 50.0 Å². The van der Waals surface area contributed by atoms with Crippen molar-refractivity contribution in [3.8, 4) is 17.2 Å². The lowest BCUT2D eigenvalue weighted by molar-refractivity contribution is 0.0637. The minimum atomic E-state index is -0.530. The number of methoxy groups -OCH3 is 2. The van der Waals surface area contributed by atoms with Gasteiger partial charge >= 0.3 is 0 Å².